The highest BCUT2D eigenvalue weighted by atomic mass is 15.2. The van der Waals surface area contributed by atoms with E-state index in [1.807, 2.05) is 0 Å². The maximum atomic E-state index is 5.95. The Morgan fingerprint density at radius 1 is 1.05 bits per heavy atom. The van der Waals surface area contributed by atoms with Gasteiger partial charge in [0.25, 0.3) is 0 Å². The molecule has 2 unspecified atom stereocenters. The second kappa shape index (κ2) is 8.31. The van der Waals surface area contributed by atoms with Crippen molar-refractivity contribution in [2.24, 2.45) is 5.73 Å². The third-order valence-electron chi connectivity index (χ3n) is 3.79. The van der Waals surface area contributed by atoms with Crippen LogP contribution in [-0.2, 0) is 0 Å². The molecule has 0 fully saturated rings. The molecule has 0 radical (unpaired) electrons. The van der Waals surface area contributed by atoms with Crippen molar-refractivity contribution in [1.29, 1.82) is 0 Å². The average molecular weight is 263 g/mol. The molecule has 3 heteroatoms. The van der Waals surface area contributed by atoms with Gasteiger partial charge in [0.1, 0.15) is 0 Å². The number of nitrogens with two attached hydrogens (primary N) is 1. The fraction of sp³-hybridized carbons (Fsp3) is 0.625. The van der Waals surface area contributed by atoms with Crippen molar-refractivity contribution < 1.29 is 0 Å². The van der Waals surface area contributed by atoms with Crippen molar-refractivity contribution in [2.75, 3.05) is 40.8 Å². The van der Waals surface area contributed by atoms with E-state index in [0.717, 1.165) is 26.1 Å². The Kier molecular flexibility index (Phi) is 7.06. The van der Waals surface area contributed by atoms with Gasteiger partial charge in [-0.25, -0.2) is 0 Å². The van der Waals surface area contributed by atoms with Gasteiger partial charge < -0.3 is 15.5 Å². The lowest BCUT2D eigenvalue weighted by molar-refractivity contribution is 0.205. The van der Waals surface area contributed by atoms with Crippen LogP contribution in [0, 0.1) is 0 Å². The molecule has 0 heterocycles. The largest absolute Gasteiger partial charge is 0.329 e. The lowest BCUT2D eigenvalue weighted by atomic mass is 9.93. The minimum absolute atomic E-state index is 0.454. The van der Waals surface area contributed by atoms with E-state index < -0.39 is 0 Å². The maximum absolute atomic E-state index is 5.95. The summed E-state index contributed by atoms with van der Waals surface area (Å²) in [5.74, 6) is 0.552. The molecule has 0 saturated carbocycles. The quantitative estimate of drug-likeness (QED) is 0.778. The highest BCUT2D eigenvalue weighted by molar-refractivity contribution is 5.18. The zero-order valence-electron chi connectivity index (χ0n) is 12.8. The molecule has 1 rings (SSSR count). The number of benzene rings is 1. The molecule has 0 bridgehead atoms. The van der Waals surface area contributed by atoms with Crippen LogP contribution in [0.3, 0.4) is 0 Å². The van der Waals surface area contributed by atoms with E-state index in [1.54, 1.807) is 0 Å². The number of rotatable bonds is 8. The van der Waals surface area contributed by atoms with Crippen LogP contribution >= 0.6 is 0 Å². The van der Waals surface area contributed by atoms with Gasteiger partial charge in [-0.1, -0.05) is 37.3 Å². The SMILES string of the molecule is CC(CC(CN)N(C)CCN(C)C)c1ccccc1. The molecule has 0 aliphatic heterocycles. The molecule has 0 aromatic heterocycles. The van der Waals surface area contributed by atoms with Gasteiger partial charge in [-0.15, -0.1) is 0 Å². The van der Waals surface area contributed by atoms with Crippen LogP contribution < -0.4 is 5.73 Å². The van der Waals surface area contributed by atoms with Gasteiger partial charge in [0.05, 0.1) is 0 Å². The molecular weight excluding hydrogens is 234 g/mol. The normalized spacial score (nSPS) is 14.9. The van der Waals surface area contributed by atoms with Crippen molar-refractivity contribution in [3.63, 3.8) is 0 Å². The third-order valence-corrected chi connectivity index (χ3v) is 3.79. The van der Waals surface area contributed by atoms with Gasteiger partial charge in [-0.3, -0.25) is 0 Å². The Morgan fingerprint density at radius 3 is 2.21 bits per heavy atom. The molecule has 2 N–H and O–H groups in total. The Morgan fingerprint density at radius 2 is 1.68 bits per heavy atom. The summed E-state index contributed by atoms with van der Waals surface area (Å²) in [5.41, 5.74) is 7.36. The molecule has 0 saturated heterocycles. The van der Waals surface area contributed by atoms with Crippen LogP contribution in [0.4, 0.5) is 0 Å². The van der Waals surface area contributed by atoms with Crippen LogP contribution in [0.15, 0.2) is 30.3 Å². The summed E-state index contributed by atoms with van der Waals surface area (Å²) in [6, 6.07) is 11.2. The van der Waals surface area contributed by atoms with E-state index in [-0.39, 0.29) is 0 Å². The molecule has 1 aromatic carbocycles. The molecule has 1 aromatic rings. The van der Waals surface area contributed by atoms with Gasteiger partial charge in [-0.05, 0) is 39.0 Å². The lowest BCUT2D eigenvalue weighted by Crippen LogP contribution is -2.41. The average Bonchev–Trinajstić information content (AvgIpc) is 2.42. The third kappa shape index (κ3) is 5.72. The standard InChI is InChI=1S/C16H29N3/c1-14(15-8-6-5-7-9-15)12-16(13-17)19(4)11-10-18(2)3/h5-9,14,16H,10-13,17H2,1-4H3. The Balaban J connectivity index is 2.51. The fourth-order valence-electron chi connectivity index (χ4n) is 2.32. The summed E-state index contributed by atoms with van der Waals surface area (Å²) >= 11 is 0. The molecular formula is C16H29N3. The van der Waals surface area contributed by atoms with E-state index >= 15 is 0 Å². The first-order valence-electron chi connectivity index (χ1n) is 7.14. The maximum Gasteiger partial charge on any atom is 0.0221 e. The summed E-state index contributed by atoms with van der Waals surface area (Å²) in [4.78, 5) is 4.60. The van der Waals surface area contributed by atoms with Gasteiger partial charge in [0, 0.05) is 25.7 Å². The van der Waals surface area contributed by atoms with Crippen molar-refractivity contribution in [1.82, 2.24) is 9.80 Å². The molecule has 0 aliphatic rings. The minimum Gasteiger partial charge on any atom is -0.329 e. The summed E-state index contributed by atoms with van der Waals surface area (Å²) in [6.07, 6.45) is 1.12. The summed E-state index contributed by atoms with van der Waals surface area (Å²) < 4.78 is 0. The van der Waals surface area contributed by atoms with Crippen molar-refractivity contribution in [3.05, 3.63) is 35.9 Å². The zero-order chi connectivity index (χ0) is 14.3. The van der Waals surface area contributed by atoms with Crippen molar-refractivity contribution in [3.8, 4) is 0 Å². The van der Waals surface area contributed by atoms with Gasteiger partial charge in [-0.2, -0.15) is 0 Å². The highest BCUT2D eigenvalue weighted by Crippen LogP contribution is 2.21. The smallest absolute Gasteiger partial charge is 0.0221 e. The minimum atomic E-state index is 0.454. The summed E-state index contributed by atoms with van der Waals surface area (Å²) in [7, 11) is 6.40. The first-order chi connectivity index (χ1) is 9.04. The first-order valence-corrected chi connectivity index (χ1v) is 7.14. The van der Waals surface area contributed by atoms with Crippen LogP contribution in [0.2, 0.25) is 0 Å². The monoisotopic (exact) mass is 263 g/mol. The number of nitrogens with zero attached hydrogens (tertiary/aromatic N) is 2. The number of likely N-dealkylation sites (N-methyl/N-ethyl adjacent to an activating group) is 2. The van der Waals surface area contributed by atoms with Gasteiger partial charge in [0.2, 0.25) is 0 Å². The first kappa shape index (κ1) is 16.2. The molecule has 108 valence electrons. The van der Waals surface area contributed by atoms with Crippen LogP contribution in [0.1, 0.15) is 24.8 Å². The second-order valence-corrected chi connectivity index (χ2v) is 5.72. The molecule has 19 heavy (non-hydrogen) atoms. The van der Waals surface area contributed by atoms with Crippen molar-refractivity contribution >= 4 is 0 Å². The topological polar surface area (TPSA) is 32.5 Å². The summed E-state index contributed by atoms with van der Waals surface area (Å²) in [5, 5.41) is 0. The van der Waals surface area contributed by atoms with Crippen molar-refractivity contribution in [2.45, 2.75) is 25.3 Å². The number of hydrogen-bond donors (Lipinski definition) is 1. The predicted octanol–water partition coefficient (Wildman–Crippen LogP) is 2.00. The predicted molar refractivity (Wildman–Crippen MR) is 83.5 cm³/mol. The molecule has 0 amide bonds. The van der Waals surface area contributed by atoms with Gasteiger partial charge in [0.15, 0.2) is 0 Å². The van der Waals surface area contributed by atoms with E-state index in [0.29, 0.717) is 12.0 Å². The number of hydrogen-bond acceptors (Lipinski definition) is 3. The van der Waals surface area contributed by atoms with E-state index in [9.17, 15) is 0 Å². The van der Waals surface area contributed by atoms with E-state index in [2.05, 4.69) is 68.2 Å². The fourth-order valence-corrected chi connectivity index (χ4v) is 2.32. The van der Waals surface area contributed by atoms with Gasteiger partial charge >= 0.3 is 0 Å². The molecule has 3 nitrogen and oxygen atoms in total. The van der Waals surface area contributed by atoms with E-state index in [1.165, 1.54) is 5.56 Å². The lowest BCUT2D eigenvalue weighted by Gasteiger charge is -2.30. The van der Waals surface area contributed by atoms with Crippen LogP contribution in [0.5, 0.6) is 0 Å². The van der Waals surface area contributed by atoms with Crippen LogP contribution in [0.25, 0.3) is 0 Å². The van der Waals surface area contributed by atoms with E-state index in [4.69, 9.17) is 5.73 Å². The molecule has 0 aliphatic carbocycles. The molecule has 2 atom stereocenters. The Labute approximate surface area is 118 Å². The highest BCUT2D eigenvalue weighted by Gasteiger charge is 2.17. The summed E-state index contributed by atoms with van der Waals surface area (Å²) in [6.45, 7) is 5.15. The zero-order valence-corrected chi connectivity index (χ0v) is 12.8. The molecule has 0 spiro atoms. The van der Waals surface area contributed by atoms with Crippen LogP contribution in [-0.4, -0.2) is 56.6 Å². The Bertz CT molecular complexity index is 337. The second-order valence-electron chi connectivity index (χ2n) is 5.72. The Hall–Kier alpha value is -0.900.